The molecule has 3 N–H and O–H groups in total. The number of aliphatic carboxylic acids is 1. The second-order valence-corrected chi connectivity index (χ2v) is 5.44. The van der Waals surface area contributed by atoms with Gasteiger partial charge in [0.05, 0.1) is 0 Å². The molecule has 1 atom stereocenters. The monoisotopic (exact) mass is 281 g/mol. The molecule has 0 aliphatic rings. The molecule has 1 rings (SSSR count). The summed E-state index contributed by atoms with van der Waals surface area (Å²) < 4.78 is 5.12. The van der Waals surface area contributed by atoms with Crippen molar-refractivity contribution < 1.29 is 24.5 Å². The number of carboxylic acid groups (broad SMARTS) is 1. The number of aliphatic hydroxyl groups excluding tert-OH is 1. The topological polar surface area (TPSA) is 95.9 Å². The minimum atomic E-state index is -1.58. The van der Waals surface area contributed by atoms with E-state index in [2.05, 4.69) is 5.32 Å². The second-order valence-electron chi connectivity index (χ2n) is 5.44. The third-order valence-corrected chi connectivity index (χ3v) is 2.44. The normalized spacial score (nSPS) is 12.7. The van der Waals surface area contributed by atoms with Crippen LogP contribution in [-0.2, 0) is 9.53 Å². The molecule has 0 aliphatic carbocycles. The van der Waals surface area contributed by atoms with Gasteiger partial charge in [0.25, 0.3) is 0 Å². The van der Waals surface area contributed by atoms with Crippen LogP contribution in [0, 0.1) is 6.92 Å². The van der Waals surface area contributed by atoms with E-state index in [0.29, 0.717) is 11.3 Å². The van der Waals surface area contributed by atoms with E-state index in [4.69, 9.17) is 9.84 Å². The van der Waals surface area contributed by atoms with Crippen LogP contribution in [0.25, 0.3) is 0 Å². The highest BCUT2D eigenvalue weighted by atomic mass is 16.6. The fourth-order valence-electron chi connectivity index (χ4n) is 1.55. The van der Waals surface area contributed by atoms with Crippen molar-refractivity contribution in [3.63, 3.8) is 0 Å². The Bertz CT molecular complexity index is 519. The van der Waals surface area contributed by atoms with Crippen LogP contribution >= 0.6 is 0 Å². The van der Waals surface area contributed by atoms with Gasteiger partial charge < -0.3 is 14.9 Å². The maximum atomic E-state index is 11.6. The number of carboxylic acids is 1. The van der Waals surface area contributed by atoms with Gasteiger partial charge >= 0.3 is 12.1 Å². The molecule has 6 heteroatoms. The summed E-state index contributed by atoms with van der Waals surface area (Å²) in [6.45, 7) is 6.97. The maximum absolute atomic E-state index is 11.6. The molecule has 0 saturated heterocycles. The van der Waals surface area contributed by atoms with Gasteiger partial charge in [0.15, 0.2) is 6.10 Å². The number of aryl methyl sites for hydroxylation is 1. The van der Waals surface area contributed by atoms with Crippen molar-refractivity contribution in [3.8, 4) is 0 Å². The Balaban J connectivity index is 2.84. The Hall–Kier alpha value is -2.08. The van der Waals surface area contributed by atoms with Gasteiger partial charge in [0.1, 0.15) is 5.60 Å². The molecular formula is C14H19NO5. The van der Waals surface area contributed by atoms with Crippen molar-refractivity contribution in [1.82, 2.24) is 0 Å². The molecule has 0 saturated carbocycles. The largest absolute Gasteiger partial charge is 0.479 e. The van der Waals surface area contributed by atoms with E-state index in [9.17, 15) is 14.7 Å². The van der Waals surface area contributed by atoms with E-state index in [-0.39, 0.29) is 5.56 Å². The summed E-state index contributed by atoms with van der Waals surface area (Å²) in [6, 6.07) is 4.48. The number of anilines is 1. The third-order valence-electron chi connectivity index (χ3n) is 2.44. The lowest BCUT2D eigenvalue weighted by Crippen LogP contribution is -2.27. The first-order valence-electron chi connectivity index (χ1n) is 6.11. The van der Waals surface area contributed by atoms with Crippen molar-refractivity contribution in [2.45, 2.75) is 39.4 Å². The van der Waals surface area contributed by atoms with Crippen LogP contribution in [0.2, 0.25) is 0 Å². The minimum absolute atomic E-state index is 0.254. The number of hydrogen-bond acceptors (Lipinski definition) is 4. The standard InChI is InChI=1S/C14H19NO5/c1-8-7-9(11(16)12(17)18)5-6-10(8)15-13(19)20-14(2,3)4/h5-7,11,16H,1-4H3,(H,15,19)(H,17,18). The fraction of sp³-hybridized carbons (Fsp3) is 0.429. The molecule has 0 aliphatic heterocycles. The molecule has 0 bridgehead atoms. The summed E-state index contributed by atoms with van der Waals surface area (Å²) in [6.07, 6.45) is -2.17. The molecule has 110 valence electrons. The Labute approximate surface area is 117 Å². The molecule has 0 radical (unpaired) electrons. The maximum Gasteiger partial charge on any atom is 0.412 e. The highest BCUT2D eigenvalue weighted by Crippen LogP contribution is 2.22. The molecule has 0 heterocycles. The smallest absolute Gasteiger partial charge is 0.412 e. The zero-order valence-electron chi connectivity index (χ0n) is 11.9. The van der Waals surface area contributed by atoms with Gasteiger partial charge in [-0.3, -0.25) is 5.32 Å². The molecule has 0 aromatic heterocycles. The van der Waals surface area contributed by atoms with Gasteiger partial charge in [-0.25, -0.2) is 9.59 Å². The SMILES string of the molecule is Cc1cc(C(O)C(=O)O)ccc1NC(=O)OC(C)(C)C. The first-order valence-corrected chi connectivity index (χ1v) is 6.11. The van der Waals surface area contributed by atoms with Crippen LogP contribution < -0.4 is 5.32 Å². The van der Waals surface area contributed by atoms with E-state index >= 15 is 0 Å². The molecule has 1 unspecified atom stereocenters. The highest BCUT2D eigenvalue weighted by molar-refractivity contribution is 5.86. The van der Waals surface area contributed by atoms with Crippen LogP contribution in [0.15, 0.2) is 18.2 Å². The van der Waals surface area contributed by atoms with Crippen LogP contribution in [0.1, 0.15) is 38.0 Å². The number of carbonyl (C=O) groups excluding carboxylic acids is 1. The van der Waals surface area contributed by atoms with Gasteiger partial charge in [0, 0.05) is 5.69 Å². The van der Waals surface area contributed by atoms with Crippen molar-refractivity contribution in [3.05, 3.63) is 29.3 Å². The number of rotatable bonds is 3. The summed E-state index contributed by atoms with van der Waals surface area (Å²) in [5.74, 6) is -1.32. The predicted octanol–water partition coefficient (Wildman–Crippen LogP) is 2.46. The Morgan fingerprint density at radius 3 is 2.35 bits per heavy atom. The number of hydrogen-bond donors (Lipinski definition) is 3. The highest BCUT2D eigenvalue weighted by Gasteiger charge is 2.19. The van der Waals surface area contributed by atoms with Gasteiger partial charge in [-0.15, -0.1) is 0 Å². The molecule has 20 heavy (non-hydrogen) atoms. The molecular weight excluding hydrogens is 262 g/mol. The van der Waals surface area contributed by atoms with Crippen molar-refractivity contribution in [2.75, 3.05) is 5.32 Å². The quantitative estimate of drug-likeness (QED) is 0.791. The minimum Gasteiger partial charge on any atom is -0.479 e. The lowest BCUT2D eigenvalue weighted by Gasteiger charge is -2.20. The Morgan fingerprint density at radius 2 is 1.90 bits per heavy atom. The summed E-state index contributed by atoms with van der Waals surface area (Å²) in [7, 11) is 0. The van der Waals surface area contributed by atoms with Crippen LogP contribution in [0.4, 0.5) is 10.5 Å². The number of benzene rings is 1. The summed E-state index contributed by atoms with van der Waals surface area (Å²) >= 11 is 0. The summed E-state index contributed by atoms with van der Waals surface area (Å²) in [5, 5.41) is 20.7. The summed E-state index contributed by atoms with van der Waals surface area (Å²) in [5.41, 5.74) is 0.788. The van der Waals surface area contributed by atoms with Gasteiger partial charge in [0.2, 0.25) is 0 Å². The molecule has 0 spiro atoms. The molecule has 6 nitrogen and oxygen atoms in total. The van der Waals surface area contributed by atoms with E-state index in [0.717, 1.165) is 0 Å². The number of nitrogens with one attached hydrogen (secondary N) is 1. The number of carbonyl (C=O) groups is 2. The third kappa shape index (κ3) is 4.55. The van der Waals surface area contributed by atoms with Gasteiger partial charge in [-0.2, -0.15) is 0 Å². The molecule has 1 amide bonds. The Morgan fingerprint density at radius 1 is 1.30 bits per heavy atom. The molecule has 1 aromatic rings. The first-order chi connectivity index (χ1) is 9.10. The van der Waals surface area contributed by atoms with Crippen molar-refractivity contribution in [1.29, 1.82) is 0 Å². The second kappa shape index (κ2) is 5.92. The van der Waals surface area contributed by atoms with Crippen LogP contribution in [0.5, 0.6) is 0 Å². The molecule has 1 aromatic carbocycles. The van der Waals surface area contributed by atoms with E-state index < -0.39 is 23.8 Å². The fourth-order valence-corrected chi connectivity index (χ4v) is 1.55. The van der Waals surface area contributed by atoms with Gasteiger partial charge in [-0.05, 0) is 44.9 Å². The average molecular weight is 281 g/mol. The van der Waals surface area contributed by atoms with Crippen LogP contribution in [-0.4, -0.2) is 27.9 Å². The average Bonchev–Trinajstić information content (AvgIpc) is 2.28. The van der Waals surface area contributed by atoms with Gasteiger partial charge in [-0.1, -0.05) is 12.1 Å². The number of amides is 1. The zero-order chi connectivity index (χ0) is 15.5. The molecule has 0 fully saturated rings. The van der Waals surface area contributed by atoms with E-state index in [1.165, 1.54) is 18.2 Å². The van der Waals surface area contributed by atoms with Crippen molar-refractivity contribution in [2.24, 2.45) is 0 Å². The predicted molar refractivity (Wildman–Crippen MR) is 73.6 cm³/mol. The zero-order valence-corrected chi connectivity index (χ0v) is 11.9. The summed E-state index contributed by atoms with van der Waals surface area (Å²) in [4.78, 5) is 22.3. The lowest BCUT2D eigenvalue weighted by molar-refractivity contribution is -0.146. The van der Waals surface area contributed by atoms with E-state index in [1.54, 1.807) is 27.7 Å². The van der Waals surface area contributed by atoms with E-state index in [1.807, 2.05) is 0 Å². The number of ether oxygens (including phenoxy) is 1. The van der Waals surface area contributed by atoms with Crippen molar-refractivity contribution >= 4 is 17.7 Å². The first kappa shape index (κ1) is 16.0. The number of aliphatic hydroxyl groups is 1. The lowest BCUT2D eigenvalue weighted by atomic mass is 10.1. The van der Waals surface area contributed by atoms with Crippen LogP contribution in [0.3, 0.4) is 0 Å². The Kier molecular flexibility index (Phi) is 4.73.